The van der Waals surface area contributed by atoms with E-state index in [4.69, 9.17) is 9.47 Å². The molecule has 3 aliphatic heterocycles. The summed E-state index contributed by atoms with van der Waals surface area (Å²) in [7, 11) is -1.77. The van der Waals surface area contributed by atoms with Gasteiger partial charge in [-0.3, -0.25) is 19.2 Å². The first-order chi connectivity index (χ1) is 25.4. The fraction of sp³-hybridized carbons (Fsp3) is 0.425. The van der Waals surface area contributed by atoms with Crippen molar-refractivity contribution in [1.82, 2.24) is 14.7 Å². The highest BCUT2D eigenvalue weighted by molar-refractivity contribution is 6.71. The number of hydrogen-bond donors (Lipinski definition) is 2. The molecule has 12 nitrogen and oxygen atoms in total. The van der Waals surface area contributed by atoms with Gasteiger partial charge in [0.25, 0.3) is 11.5 Å². The van der Waals surface area contributed by atoms with Crippen molar-refractivity contribution in [3.05, 3.63) is 100.0 Å². The number of aromatic nitrogens is 2. The Morgan fingerprint density at radius 1 is 1.04 bits per heavy atom. The minimum absolute atomic E-state index is 0.0838. The zero-order valence-corrected chi connectivity index (χ0v) is 31.5. The summed E-state index contributed by atoms with van der Waals surface area (Å²) in [6.45, 7) is 5.97. The van der Waals surface area contributed by atoms with Crippen molar-refractivity contribution in [2.45, 2.75) is 82.0 Å². The lowest BCUT2D eigenvalue weighted by atomic mass is 9.82. The van der Waals surface area contributed by atoms with E-state index in [-0.39, 0.29) is 42.8 Å². The number of unbranched alkanes of at least 4 members (excludes halogenated alkanes) is 1. The van der Waals surface area contributed by atoms with E-state index >= 15 is 0 Å². The van der Waals surface area contributed by atoms with E-state index in [1.54, 1.807) is 46.3 Å². The standard InChI is InChI=1S/C40H46N4O8Si/c1-25-37(53(3,4)50)34(21-35(46)43-23-28-13-6-5-11-26(28)19-30(43)24-45)52-40(25)32-20-29(44-38(48)31-14-8-7-12-27(31)22-41-44)16-17-33(32)42(39(40)49)18-10-9-15-36(47)51-2/h5-8,11-14,16-17,20,22,25,30,34,37,45,50H,9-10,15,18-19,21,23-24H2,1-4H3/t25-,30+,34+,37-,40+/m1/s1. The molecule has 4 aromatic rings. The van der Waals surface area contributed by atoms with Gasteiger partial charge in [0.05, 0.1) is 55.2 Å². The molecular weight excluding hydrogens is 693 g/mol. The molecule has 0 bridgehead atoms. The molecule has 53 heavy (non-hydrogen) atoms. The van der Waals surface area contributed by atoms with Gasteiger partial charge in [-0.25, -0.2) is 0 Å². The average molecular weight is 739 g/mol. The number of rotatable bonds is 10. The number of aliphatic hydroxyl groups excluding tert-OH is 1. The lowest BCUT2D eigenvalue weighted by Crippen LogP contribution is -2.48. The first-order valence-corrected chi connectivity index (χ1v) is 21.3. The molecule has 1 saturated heterocycles. The first-order valence-electron chi connectivity index (χ1n) is 18.3. The van der Waals surface area contributed by atoms with E-state index < -0.39 is 37.5 Å². The number of anilines is 1. The Bertz CT molecular complexity index is 2130. The third-order valence-corrected chi connectivity index (χ3v) is 13.9. The molecule has 3 aromatic carbocycles. The van der Waals surface area contributed by atoms with Crippen LogP contribution >= 0.6 is 0 Å². The highest BCUT2D eigenvalue weighted by Gasteiger charge is 2.66. The number of carbonyl (C=O) groups is 3. The monoisotopic (exact) mass is 738 g/mol. The number of methoxy groups -OCH3 is 1. The van der Waals surface area contributed by atoms with Gasteiger partial charge in [0.15, 0.2) is 13.9 Å². The second kappa shape index (κ2) is 14.3. The molecule has 13 heteroatoms. The summed E-state index contributed by atoms with van der Waals surface area (Å²) in [5.74, 6) is -1.41. The van der Waals surface area contributed by atoms with Crippen LogP contribution in [0.15, 0.2) is 77.7 Å². The van der Waals surface area contributed by atoms with Crippen LogP contribution in [0.2, 0.25) is 18.6 Å². The van der Waals surface area contributed by atoms with E-state index in [1.165, 1.54) is 11.8 Å². The number of aliphatic hydroxyl groups is 1. The number of esters is 1. The van der Waals surface area contributed by atoms with Gasteiger partial charge < -0.3 is 29.2 Å². The molecule has 1 fully saturated rings. The molecule has 4 heterocycles. The van der Waals surface area contributed by atoms with Gasteiger partial charge in [-0.15, -0.1) is 0 Å². The van der Waals surface area contributed by atoms with Crippen LogP contribution in [0.25, 0.3) is 16.5 Å². The maximum absolute atomic E-state index is 14.9. The molecule has 278 valence electrons. The smallest absolute Gasteiger partial charge is 0.305 e. The number of fused-ring (bicyclic) bond motifs is 4. The van der Waals surface area contributed by atoms with E-state index in [0.717, 1.165) is 11.1 Å². The number of nitrogens with zero attached hydrogens (tertiary/aromatic N) is 4. The second-order valence-electron chi connectivity index (χ2n) is 15.0. The minimum atomic E-state index is -3.12. The average Bonchev–Trinajstić information content (AvgIpc) is 3.58. The lowest BCUT2D eigenvalue weighted by Gasteiger charge is -2.37. The molecule has 1 spiro atoms. The van der Waals surface area contributed by atoms with Gasteiger partial charge in [-0.1, -0.05) is 49.4 Å². The van der Waals surface area contributed by atoms with Crippen molar-refractivity contribution >= 4 is 42.6 Å². The van der Waals surface area contributed by atoms with Gasteiger partial charge in [-0.2, -0.15) is 9.78 Å². The van der Waals surface area contributed by atoms with E-state index in [2.05, 4.69) is 5.10 Å². The maximum Gasteiger partial charge on any atom is 0.305 e. The molecule has 0 unspecified atom stereocenters. The van der Waals surface area contributed by atoms with Gasteiger partial charge in [0.1, 0.15) is 0 Å². The van der Waals surface area contributed by atoms with E-state index in [0.29, 0.717) is 60.1 Å². The third-order valence-electron chi connectivity index (χ3n) is 11.4. The molecule has 7 rings (SSSR count). The van der Waals surface area contributed by atoms with E-state index in [9.17, 15) is 29.1 Å². The summed E-state index contributed by atoms with van der Waals surface area (Å²) in [6.07, 6.45) is 2.50. The Hall–Kier alpha value is -4.69. The van der Waals surface area contributed by atoms with Crippen molar-refractivity contribution < 1.29 is 33.8 Å². The predicted octanol–water partition coefficient (Wildman–Crippen LogP) is 4.21. The summed E-state index contributed by atoms with van der Waals surface area (Å²) in [6, 6.07) is 20.0. The van der Waals surface area contributed by atoms with Crippen molar-refractivity contribution in [3.8, 4) is 5.69 Å². The van der Waals surface area contributed by atoms with Crippen LogP contribution in [0.5, 0.6) is 0 Å². The molecule has 3 aliphatic rings. The summed E-state index contributed by atoms with van der Waals surface area (Å²) < 4.78 is 13.1. The van der Waals surface area contributed by atoms with Gasteiger partial charge in [0.2, 0.25) is 5.91 Å². The Morgan fingerprint density at radius 3 is 2.51 bits per heavy atom. The van der Waals surface area contributed by atoms with Crippen LogP contribution in [0.3, 0.4) is 0 Å². The molecule has 0 aliphatic carbocycles. The highest BCUT2D eigenvalue weighted by atomic mass is 28.4. The highest BCUT2D eigenvalue weighted by Crippen LogP contribution is 2.60. The van der Waals surface area contributed by atoms with Crippen molar-refractivity contribution in [3.63, 3.8) is 0 Å². The van der Waals surface area contributed by atoms with Crippen molar-refractivity contribution in [2.24, 2.45) is 5.92 Å². The SMILES string of the molecule is COC(=O)CCCCN1C(=O)[C@@]2(O[C@@H](CC(=O)N3Cc4ccccc4C[C@H]3CO)[C@H]([Si](C)(C)O)[C@H]2C)c2cc(-n3ncc4ccccc4c3=O)ccc21. The largest absolute Gasteiger partial charge is 0.469 e. The fourth-order valence-electron chi connectivity index (χ4n) is 8.87. The molecule has 2 amide bonds. The van der Waals surface area contributed by atoms with Crippen molar-refractivity contribution in [1.29, 1.82) is 0 Å². The number of benzene rings is 3. The lowest BCUT2D eigenvalue weighted by molar-refractivity contribution is -0.151. The topological polar surface area (TPSA) is 152 Å². The van der Waals surface area contributed by atoms with Crippen LogP contribution in [-0.4, -0.2) is 83.1 Å². The molecule has 0 saturated carbocycles. The van der Waals surface area contributed by atoms with Crippen molar-refractivity contribution in [2.75, 3.05) is 25.2 Å². The van der Waals surface area contributed by atoms with Crippen LogP contribution in [-0.2, 0) is 42.4 Å². The third kappa shape index (κ3) is 6.39. The Labute approximate surface area is 309 Å². The number of carbonyl (C=O) groups excluding carboxylic acids is 3. The Kier molecular flexibility index (Phi) is 9.87. The second-order valence-corrected chi connectivity index (χ2v) is 19.0. The number of amides is 2. The normalized spacial score (nSPS) is 23.8. The van der Waals surface area contributed by atoms with Gasteiger partial charge in [0, 0.05) is 41.9 Å². The van der Waals surface area contributed by atoms with Gasteiger partial charge in [-0.05, 0) is 67.7 Å². The summed E-state index contributed by atoms with van der Waals surface area (Å²) >= 11 is 0. The number of hydrogen-bond acceptors (Lipinski definition) is 9. The molecule has 5 atom stereocenters. The molecule has 2 N–H and O–H groups in total. The van der Waals surface area contributed by atoms with Crippen LogP contribution < -0.4 is 10.5 Å². The minimum Gasteiger partial charge on any atom is -0.469 e. The summed E-state index contributed by atoms with van der Waals surface area (Å²) in [5.41, 5.74) is 1.31. The predicted molar refractivity (Wildman–Crippen MR) is 201 cm³/mol. The first kappa shape index (κ1) is 36.7. The van der Waals surface area contributed by atoms with Gasteiger partial charge >= 0.3 is 5.97 Å². The quantitative estimate of drug-likeness (QED) is 0.139. The summed E-state index contributed by atoms with van der Waals surface area (Å²) in [4.78, 5) is 69.9. The Morgan fingerprint density at radius 2 is 1.77 bits per heavy atom. The van der Waals surface area contributed by atoms with Crippen LogP contribution in [0.4, 0.5) is 5.69 Å². The maximum atomic E-state index is 14.9. The fourth-order valence-corrected chi connectivity index (χ4v) is 11.4. The molecule has 1 aromatic heterocycles. The zero-order valence-electron chi connectivity index (χ0n) is 30.5. The number of ether oxygens (including phenoxy) is 2. The van der Waals surface area contributed by atoms with E-state index in [1.807, 2.05) is 56.4 Å². The zero-order chi connectivity index (χ0) is 37.7. The molecular formula is C40H46N4O8Si. The van der Waals surface area contributed by atoms with Crippen LogP contribution in [0.1, 0.15) is 49.3 Å². The Balaban J connectivity index is 1.28. The summed E-state index contributed by atoms with van der Waals surface area (Å²) in [5, 5.41) is 16.0. The molecule has 0 radical (unpaired) electrons. The van der Waals surface area contributed by atoms with Crippen LogP contribution in [0, 0.1) is 5.92 Å².